The first-order valence-corrected chi connectivity index (χ1v) is 11.0. The Bertz CT molecular complexity index is 856. The van der Waals surface area contributed by atoms with Gasteiger partial charge in [-0.15, -0.1) is 0 Å². The van der Waals surface area contributed by atoms with Crippen LogP contribution in [-0.4, -0.2) is 60.8 Å². The van der Waals surface area contributed by atoms with Crippen molar-refractivity contribution in [3.8, 4) is 0 Å². The van der Waals surface area contributed by atoms with Gasteiger partial charge in [0.05, 0.1) is 12.6 Å². The third-order valence-electron chi connectivity index (χ3n) is 4.93. The number of carbonyl (C=O) groups excluding carboxylic acids is 4. The van der Waals surface area contributed by atoms with Gasteiger partial charge in [-0.2, -0.15) is 0 Å². The van der Waals surface area contributed by atoms with Crippen molar-refractivity contribution in [2.24, 2.45) is 33.8 Å². The van der Waals surface area contributed by atoms with Gasteiger partial charge in [0.2, 0.25) is 23.6 Å². The van der Waals surface area contributed by atoms with Crippen molar-refractivity contribution >= 4 is 29.6 Å². The van der Waals surface area contributed by atoms with Gasteiger partial charge in [0.1, 0.15) is 12.1 Å². The van der Waals surface area contributed by atoms with Crippen LogP contribution in [0, 0.1) is 5.92 Å². The first kappa shape index (κ1) is 28.4. The normalized spacial score (nSPS) is 13.3. The first-order chi connectivity index (χ1) is 16.0. The van der Waals surface area contributed by atoms with Gasteiger partial charge in [-0.3, -0.25) is 24.2 Å². The lowest BCUT2D eigenvalue weighted by Gasteiger charge is -2.23. The fraction of sp³-hybridized carbons (Fsp3) is 0.500. The summed E-state index contributed by atoms with van der Waals surface area (Å²) in [6, 6.07) is 6.61. The molecule has 0 aliphatic heterocycles. The third-order valence-corrected chi connectivity index (χ3v) is 4.93. The molecule has 0 aliphatic carbocycles. The molecular weight excluding hydrogens is 440 g/mol. The van der Waals surface area contributed by atoms with E-state index in [4.69, 9.17) is 22.9 Å². The largest absolute Gasteiger partial charge is 0.370 e. The van der Waals surface area contributed by atoms with Gasteiger partial charge in [-0.25, -0.2) is 0 Å². The van der Waals surface area contributed by atoms with Crippen LogP contribution < -0.4 is 38.9 Å². The molecule has 4 amide bonds. The molecule has 11 N–H and O–H groups in total. The quantitative estimate of drug-likeness (QED) is 0.0893. The maximum Gasteiger partial charge on any atom is 0.243 e. The summed E-state index contributed by atoms with van der Waals surface area (Å²) in [6.07, 6.45) is 0.970. The molecule has 0 unspecified atom stereocenters. The molecule has 34 heavy (non-hydrogen) atoms. The number of nitrogens with one attached hydrogen (secondary N) is 3. The Morgan fingerprint density at radius 2 is 1.62 bits per heavy atom. The average Bonchev–Trinajstić information content (AvgIpc) is 2.77. The first-order valence-electron chi connectivity index (χ1n) is 11.0. The Kier molecular flexibility index (Phi) is 12.1. The number of hydrogen-bond donors (Lipinski definition) is 7. The van der Waals surface area contributed by atoms with Gasteiger partial charge < -0.3 is 38.9 Å². The molecule has 0 heterocycles. The van der Waals surface area contributed by atoms with E-state index in [2.05, 4.69) is 20.9 Å². The van der Waals surface area contributed by atoms with Crippen LogP contribution in [0.2, 0.25) is 0 Å². The monoisotopic (exact) mass is 476 g/mol. The van der Waals surface area contributed by atoms with Crippen LogP contribution in [0.4, 0.5) is 0 Å². The van der Waals surface area contributed by atoms with Crippen molar-refractivity contribution in [2.75, 3.05) is 13.1 Å². The molecule has 0 saturated carbocycles. The van der Waals surface area contributed by atoms with Crippen LogP contribution in [0.15, 0.2) is 35.3 Å². The zero-order valence-electron chi connectivity index (χ0n) is 19.6. The van der Waals surface area contributed by atoms with Crippen LogP contribution in [-0.2, 0) is 25.6 Å². The summed E-state index contributed by atoms with van der Waals surface area (Å²) in [5, 5.41) is 7.59. The Balaban J connectivity index is 2.57. The van der Waals surface area contributed by atoms with Crippen LogP contribution in [0.3, 0.4) is 0 Å². The molecule has 1 rings (SSSR count). The fourth-order valence-electron chi connectivity index (χ4n) is 3.07. The van der Waals surface area contributed by atoms with Crippen LogP contribution in [0.5, 0.6) is 0 Å². The van der Waals surface area contributed by atoms with Gasteiger partial charge in [-0.1, -0.05) is 44.2 Å². The Labute approximate surface area is 199 Å². The van der Waals surface area contributed by atoms with E-state index in [9.17, 15) is 19.2 Å². The minimum absolute atomic E-state index is 0.0739. The molecule has 0 spiro atoms. The van der Waals surface area contributed by atoms with E-state index in [0.29, 0.717) is 12.8 Å². The second-order valence-electron chi connectivity index (χ2n) is 8.22. The summed E-state index contributed by atoms with van der Waals surface area (Å²) in [7, 11) is 0. The van der Waals surface area contributed by atoms with Crippen molar-refractivity contribution in [3.05, 3.63) is 35.9 Å². The fourth-order valence-corrected chi connectivity index (χ4v) is 3.07. The molecule has 0 saturated heterocycles. The molecule has 12 nitrogen and oxygen atoms in total. The predicted octanol–water partition coefficient (Wildman–Crippen LogP) is -2.16. The van der Waals surface area contributed by atoms with Gasteiger partial charge in [0.15, 0.2) is 5.96 Å². The Hall–Kier alpha value is -3.67. The van der Waals surface area contributed by atoms with E-state index in [0.717, 1.165) is 5.56 Å². The van der Waals surface area contributed by atoms with Gasteiger partial charge in [-0.05, 0) is 30.7 Å². The number of guanidine groups is 1. The molecular formula is C22H36N8O4. The Morgan fingerprint density at radius 1 is 0.971 bits per heavy atom. The lowest BCUT2D eigenvalue weighted by atomic mass is 10.0. The highest BCUT2D eigenvalue weighted by atomic mass is 16.2. The second kappa shape index (κ2) is 14.5. The topological polar surface area (TPSA) is 221 Å². The van der Waals surface area contributed by atoms with Crippen molar-refractivity contribution in [3.63, 3.8) is 0 Å². The van der Waals surface area contributed by atoms with Gasteiger partial charge in [0, 0.05) is 6.54 Å². The number of primary amides is 1. The smallest absolute Gasteiger partial charge is 0.243 e. The van der Waals surface area contributed by atoms with E-state index in [1.165, 1.54) is 0 Å². The highest BCUT2D eigenvalue weighted by Gasteiger charge is 2.27. The number of nitrogens with zero attached hydrogens (tertiary/aromatic N) is 1. The predicted molar refractivity (Wildman–Crippen MR) is 129 cm³/mol. The van der Waals surface area contributed by atoms with Crippen molar-refractivity contribution in [1.29, 1.82) is 0 Å². The summed E-state index contributed by atoms with van der Waals surface area (Å²) in [5.41, 5.74) is 22.7. The van der Waals surface area contributed by atoms with Crippen molar-refractivity contribution in [2.45, 2.75) is 51.2 Å². The maximum atomic E-state index is 12.6. The highest BCUT2D eigenvalue weighted by Crippen LogP contribution is 2.05. The van der Waals surface area contributed by atoms with Crippen LogP contribution in [0.1, 0.15) is 32.3 Å². The summed E-state index contributed by atoms with van der Waals surface area (Å²) in [6.45, 7) is 3.40. The molecule has 0 aromatic heterocycles. The number of carbonyl (C=O) groups is 4. The van der Waals surface area contributed by atoms with Gasteiger partial charge >= 0.3 is 0 Å². The molecule has 1 aromatic carbocycles. The minimum Gasteiger partial charge on any atom is -0.370 e. The molecule has 0 aliphatic rings. The second-order valence-corrected chi connectivity index (χ2v) is 8.22. The summed E-state index contributed by atoms with van der Waals surface area (Å²) in [4.78, 5) is 52.8. The van der Waals surface area contributed by atoms with E-state index in [1.807, 2.05) is 30.3 Å². The zero-order chi connectivity index (χ0) is 25.7. The standard InChI is InChI=1S/C22H36N8O4/c1-13(2)18(30-20(33)15(23)11-14-7-4-3-5-8-14)21(34)28-12-17(31)29-16(19(24)32)9-6-10-27-22(25)26/h3-5,7-8,13,15-16,18H,6,9-12,23H2,1-2H3,(H2,24,32)(H,28,34)(H,29,31)(H,30,33)(H4,25,26,27)/t15-,16-,18-/m0/s1. The minimum atomic E-state index is -0.935. The maximum absolute atomic E-state index is 12.6. The molecule has 1 aromatic rings. The summed E-state index contributed by atoms with van der Waals surface area (Å²) < 4.78 is 0. The SMILES string of the molecule is CC(C)[C@H](NC(=O)[C@@H](N)Cc1ccccc1)C(=O)NCC(=O)N[C@@H](CCCN=C(N)N)C(N)=O. The van der Waals surface area contributed by atoms with Gasteiger partial charge in [0.25, 0.3) is 0 Å². The summed E-state index contributed by atoms with van der Waals surface area (Å²) >= 11 is 0. The number of amides is 4. The lowest BCUT2D eigenvalue weighted by Crippen LogP contribution is -2.55. The number of benzene rings is 1. The number of hydrogen-bond acceptors (Lipinski definition) is 6. The van der Waals surface area contributed by atoms with Crippen molar-refractivity contribution in [1.82, 2.24) is 16.0 Å². The van der Waals surface area contributed by atoms with E-state index in [1.54, 1.807) is 13.8 Å². The molecule has 0 bridgehead atoms. The molecule has 12 heteroatoms. The molecule has 0 radical (unpaired) electrons. The van der Waals surface area contributed by atoms with E-state index >= 15 is 0 Å². The third kappa shape index (κ3) is 10.8. The molecule has 0 fully saturated rings. The lowest BCUT2D eigenvalue weighted by molar-refractivity contribution is -0.132. The number of aliphatic imine (C=N–C) groups is 1. The zero-order valence-corrected chi connectivity index (χ0v) is 19.6. The van der Waals surface area contributed by atoms with Crippen molar-refractivity contribution < 1.29 is 19.2 Å². The molecule has 188 valence electrons. The van der Waals surface area contributed by atoms with E-state index in [-0.39, 0.29) is 24.8 Å². The van der Waals surface area contributed by atoms with Crippen LogP contribution in [0.25, 0.3) is 0 Å². The highest BCUT2D eigenvalue weighted by molar-refractivity contribution is 5.93. The molecule has 3 atom stereocenters. The Morgan fingerprint density at radius 3 is 2.18 bits per heavy atom. The number of nitrogens with two attached hydrogens (primary N) is 4. The van der Waals surface area contributed by atoms with E-state index < -0.39 is 48.3 Å². The average molecular weight is 477 g/mol. The van der Waals surface area contributed by atoms with Crippen LogP contribution >= 0.6 is 0 Å². The number of rotatable bonds is 14. The summed E-state index contributed by atoms with van der Waals surface area (Å²) in [5.74, 6) is -2.68.